The first kappa shape index (κ1) is 109. The molecule has 2 aliphatic heterocycles. The number of hydrogen-bond acceptors (Lipinski definition) is 15. The number of ether oxygens (including phenoxy) is 2. The first-order valence-electron chi connectivity index (χ1n) is 35.5. The zero-order valence-electron chi connectivity index (χ0n) is 65.1. The molecule has 104 heavy (non-hydrogen) atoms. The second-order valence-corrected chi connectivity index (χ2v) is 19.7. The molecule has 0 spiro atoms. The van der Waals surface area contributed by atoms with Crippen molar-refractivity contribution in [3.63, 3.8) is 0 Å². The molecule has 3 radical (unpaired) electrons. The average molecular weight is 1530 g/mol. The van der Waals surface area contributed by atoms with Crippen molar-refractivity contribution in [2.45, 2.75) is 169 Å². The van der Waals surface area contributed by atoms with Gasteiger partial charge in [0.25, 0.3) is 22.6 Å². The minimum absolute atomic E-state index is 0. The molecule has 0 aliphatic carbocycles. The monoisotopic (exact) mass is 1520 g/mol. The summed E-state index contributed by atoms with van der Waals surface area (Å²) in [4.78, 5) is 71.2. The summed E-state index contributed by atoms with van der Waals surface area (Å²) in [5.41, 5.74) is 8.31. The maximum absolute atomic E-state index is 12.8. The Morgan fingerprint density at radius 2 is 0.885 bits per heavy atom. The second kappa shape index (κ2) is 71.3. The summed E-state index contributed by atoms with van der Waals surface area (Å²) < 4.78 is 13.1. The fraction of sp³-hybridized carbons (Fsp3) is 0.418. The first-order chi connectivity index (χ1) is 49.3. The van der Waals surface area contributed by atoms with Gasteiger partial charge in [0.2, 0.25) is 0 Å². The summed E-state index contributed by atoms with van der Waals surface area (Å²) in [7, 11) is 0. The number of anilines is 1. The van der Waals surface area contributed by atoms with Gasteiger partial charge in [-0.1, -0.05) is 232 Å². The van der Waals surface area contributed by atoms with E-state index in [9.17, 15) is 44.7 Å². The molecule has 3 heterocycles. The van der Waals surface area contributed by atoms with Crippen LogP contribution in [0, 0.1) is 44.2 Å². The fourth-order valence-corrected chi connectivity index (χ4v) is 8.30. The number of fused-ring (bicyclic) bond motifs is 1. The number of benzene rings is 7. The van der Waals surface area contributed by atoms with Crippen LogP contribution in [0.1, 0.15) is 193 Å². The van der Waals surface area contributed by atoms with Crippen LogP contribution in [0.3, 0.4) is 0 Å². The molecule has 0 saturated carbocycles. The Morgan fingerprint density at radius 1 is 0.510 bits per heavy atom. The minimum atomic E-state index is -1.29. The maximum atomic E-state index is 12.8. The number of likely N-dealkylation sites (tertiary alicyclic amines) is 2. The Hall–Kier alpha value is -8.70. The molecule has 25 heteroatoms. The van der Waals surface area contributed by atoms with Gasteiger partial charge < -0.3 is 35.2 Å². The van der Waals surface area contributed by atoms with E-state index >= 15 is 0 Å². The van der Waals surface area contributed by atoms with E-state index in [1.807, 2.05) is 192 Å². The first-order valence-corrected chi connectivity index (χ1v) is 36.3. The number of aromatic nitrogens is 2. The van der Waals surface area contributed by atoms with Crippen LogP contribution in [0.25, 0.3) is 16.6 Å². The van der Waals surface area contributed by atoms with Gasteiger partial charge in [0.1, 0.15) is 27.7 Å². The molecule has 0 unspecified atom stereocenters. The van der Waals surface area contributed by atoms with Gasteiger partial charge in [-0.25, -0.2) is 14.6 Å². The van der Waals surface area contributed by atoms with Crippen molar-refractivity contribution >= 4 is 77.2 Å². The van der Waals surface area contributed by atoms with E-state index in [2.05, 4.69) is 33.8 Å². The van der Waals surface area contributed by atoms with E-state index < -0.39 is 31.5 Å². The van der Waals surface area contributed by atoms with E-state index in [0.29, 0.717) is 29.1 Å². The molecule has 0 amide bonds. The zero-order valence-corrected chi connectivity index (χ0v) is 67.7. The van der Waals surface area contributed by atoms with Crippen molar-refractivity contribution in [1.29, 1.82) is 0 Å². The predicted molar refractivity (Wildman–Crippen MR) is 432 cm³/mol. The van der Waals surface area contributed by atoms with E-state index in [1.54, 1.807) is 53.1 Å². The largest absolute Gasteiger partial charge is 0.494 e. The number of carboxylic acids is 2. The molecule has 21 nitrogen and oxygen atoms in total. The van der Waals surface area contributed by atoms with Crippen LogP contribution in [0.4, 0.5) is 22.7 Å². The van der Waals surface area contributed by atoms with Gasteiger partial charge in [0.15, 0.2) is 0 Å². The van der Waals surface area contributed by atoms with Gasteiger partial charge in [0, 0.05) is 68.5 Å². The number of carboxylic acid groups (broad SMARTS) is 2. The van der Waals surface area contributed by atoms with E-state index in [-0.39, 0.29) is 59.2 Å². The van der Waals surface area contributed by atoms with Crippen LogP contribution in [0.2, 0.25) is 0 Å². The molecule has 0 atom stereocenters. The quantitative estimate of drug-likeness (QED) is 0.0191. The third kappa shape index (κ3) is 44.7. The number of alkyl halides is 2. The summed E-state index contributed by atoms with van der Waals surface area (Å²) in [6.45, 7) is 48.8. The number of nitrogens with zero attached hydrogens (tertiary/aromatic N) is 7. The second-order valence-electron chi connectivity index (χ2n) is 18.6. The summed E-state index contributed by atoms with van der Waals surface area (Å²) in [6, 6.07) is 49.0. The van der Waals surface area contributed by atoms with Crippen molar-refractivity contribution < 1.29 is 61.1 Å². The van der Waals surface area contributed by atoms with Gasteiger partial charge in [-0.15, -0.1) is 0 Å². The number of hydrogen-bond donors (Lipinski definition) is 3. The van der Waals surface area contributed by atoms with Crippen LogP contribution < -0.4 is 20.8 Å². The Bertz CT molecular complexity index is 3470. The van der Waals surface area contributed by atoms with Crippen LogP contribution in [-0.4, -0.2) is 117 Å². The smallest absolute Gasteiger partial charge is 0.342 e. The third-order valence-corrected chi connectivity index (χ3v) is 13.1. The van der Waals surface area contributed by atoms with Gasteiger partial charge in [-0.05, 0) is 139 Å². The van der Waals surface area contributed by atoms with Gasteiger partial charge in [-0.3, -0.25) is 39.7 Å². The molecule has 2 fully saturated rings. The van der Waals surface area contributed by atoms with Gasteiger partial charge >= 0.3 is 11.9 Å². The maximum Gasteiger partial charge on any atom is 0.342 e. The summed E-state index contributed by atoms with van der Waals surface area (Å²) in [5.74, 6) is 0.221. The molecule has 7 aromatic carbocycles. The number of nitrogens with two attached hydrogens (primary N) is 1. The number of rotatable bonds is 17. The van der Waals surface area contributed by atoms with Crippen molar-refractivity contribution in [3.05, 3.63) is 245 Å². The Labute approximate surface area is 643 Å². The van der Waals surface area contributed by atoms with Gasteiger partial charge in [-0.2, -0.15) is 0 Å². The summed E-state index contributed by atoms with van der Waals surface area (Å²) >= 11 is 11.0. The van der Waals surface area contributed by atoms with Crippen LogP contribution in [0.5, 0.6) is 11.5 Å². The summed E-state index contributed by atoms with van der Waals surface area (Å²) in [6.07, 6.45) is 4.87. The fourth-order valence-electron chi connectivity index (χ4n) is 7.93. The number of aromatic carboxylic acids is 2. The van der Waals surface area contributed by atoms with Crippen molar-refractivity contribution in [2.75, 3.05) is 58.2 Å². The topological polar surface area (TPSA) is 290 Å². The minimum Gasteiger partial charge on any atom is -0.494 e. The van der Waals surface area contributed by atoms with Crippen LogP contribution in [-0.2, 0) is 17.1 Å². The van der Waals surface area contributed by atoms with Crippen molar-refractivity contribution in [1.82, 2.24) is 19.4 Å². The number of carbonyl (C=O) groups is 2. The third-order valence-electron chi connectivity index (χ3n) is 12.6. The molecule has 2 saturated heterocycles. The molecular weight excluding hydrogens is 1410 g/mol. The van der Waals surface area contributed by atoms with Crippen LogP contribution in [0.15, 0.2) is 181 Å². The Kier molecular flexibility index (Phi) is 74.5. The number of nitrogen functional groups attached to an aromatic ring is 1. The van der Waals surface area contributed by atoms with E-state index in [0.717, 1.165) is 54.8 Å². The average Bonchev–Trinajstić information content (AvgIpc) is 0.782. The number of para-hydroxylation sites is 5. The molecule has 577 valence electrons. The SMILES string of the molecule is CC.CC.CC.CC.CC.CC.CC.CC.CC.Cc1ccc(OCCCN2CCC2)cc1.Cc1nc2ccccc2c(=O)n1-c1ccc(OCCCN2CCC2)cc1.Nc1ccccc1C(=O)O.O=C(O)c1ccccc1[N+](=O)[O-].O=[N+]([O-])c1ccccc1.O=[N+]([O-])c1ccccc1C(Cl)Cl.[B].[Fe]. The number of non-ortho nitro benzene ring substituents is 1. The van der Waals surface area contributed by atoms with E-state index in [4.69, 9.17) is 48.6 Å². The standard InChI is InChI=1S/C21H23N3O2.C13H19NO.C7H5Cl2NO2.C7H5NO4.C7H7NO2.C6H5NO2.9C2H6.B.Fe/c1-16-22-20-7-3-2-6-19(20)21(25)24(16)17-8-10-18(11-9-17)26-15-5-14-23-12-4-13-23;1-12-4-6-13(7-5-12)15-11-3-10-14-8-2-9-14;8-7(9)5-3-1-2-4-6(5)10(11)12;9-7(10)5-3-1-2-4-6(5)8(11)12;8-6-4-2-1-3-5(6)7(9)10;8-7(9)6-4-2-1-3-5-6;9*1-2;;/h2-3,6-11H,4-5,12-15H2,1H3;4-7H,2-3,8-11H2,1H3;1-4,7H;1-4H,(H,9,10);1-4H,8H2,(H,9,10);1-5H;9*1-2H3;;. The Balaban J connectivity index is -0.000000214. The van der Waals surface area contributed by atoms with Crippen molar-refractivity contribution in [3.8, 4) is 17.2 Å². The van der Waals surface area contributed by atoms with Crippen LogP contribution >= 0.6 is 23.2 Å². The van der Waals surface area contributed by atoms with Gasteiger partial charge in [0.05, 0.1) is 55.7 Å². The number of halogens is 2. The molecule has 10 rings (SSSR count). The number of aryl methyl sites for hydroxylation is 2. The molecule has 2 aliphatic rings. The normalized spacial score (nSPS) is 10.3. The zero-order chi connectivity index (χ0) is 79.0. The number of nitro benzene ring substituents is 3. The molecule has 1 aromatic heterocycles. The molecule has 0 bridgehead atoms. The Morgan fingerprint density at radius 3 is 1.24 bits per heavy atom. The molecular formula is C79H118BCl2FeN8O13. The molecule has 8 aromatic rings. The van der Waals surface area contributed by atoms with E-state index in [1.165, 1.54) is 99.7 Å². The number of nitro groups is 3. The van der Waals surface area contributed by atoms with Crippen molar-refractivity contribution in [2.24, 2.45) is 0 Å². The summed E-state index contributed by atoms with van der Waals surface area (Å²) in [5, 5.41) is 48.3. The predicted octanol–water partition coefficient (Wildman–Crippen LogP) is 21.4. The molecule has 4 N–H and O–H groups in total.